The number of ether oxygens (including phenoxy) is 2. The minimum atomic E-state index is -0.0340. The molecule has 0 saturated carbocycles. The van der Waals surface area contributed by atoms with Gasteiger partial charge in [0.25, 0.3) is 0 Å². The molecule has 4 heteroatoms. The van der Waals surface area contributed by atoms with Crippen LogP contribution >= 0.6 is 12.4 Å². The fourth-order valence-corrected chi connectivity index (χ4v) is 2.86. The molecule has 2 heterocycles. The molecule has 2 aliphatic heterocycles. The molecule has 3 rings (SSSR count). The second kappa shape index (κ2) is 5.57. The molecule has 2 aliphatic rings. The number of rotatable bonds is 2. The highest BCUT2D eigenvalue weighted by atomic mass is 35.5. The van der Waals surface area contributed by atoms with Crippen LogP contribution in [0.25, 0.3) is 0 Å². The summed E-state index contributed by atoms with van der Waals surface area (Å²) in [4.78, 5) is 2.20. The Kier molecular flexibility index (Phi) is 4.28. The van der Waals surface area contributed by atoms with Gasteiger partial charge in [-0.05, 0) is 25.2 Å². The predicted molar refractivity (Wildman–Crippen MR) is 73.0 cm³/mol. The summed E-state index contributed by atoms with van der Waals surface area (Å²) in [6.07, 6.45) is 1.07. The third kappa shape index (κ3) is 2.54. The Morgan fingerprint density at radius 2 is 2.06 bits per heavy atom. The van der Waals surface area contributed by atoms with Crippen molar-refractivity contribution < 1.29 is 9.47 Å². The van der Waals surface area contributed by atoms with Crippen molar-refractivity contribution >= 4 is 12.4 Å². The Balaban J connectivity index is 0.00000120. The summed E-state index contributed by atoms with van der Waals surface area (Å²) in [5.41, 5.74) is 2.75. The molecule has 1 saturated heterocycles. The van der Waals surface area contributed by atoms with Crippen LogP contribution in [-0.4, -0.2) is 38.4 Å². The van der Waals surface area contributed by atoms with Gasteiger partial charge in [-0.2, -0.15) is 0 Å². The highest BCUT2D eigenvalue weighted by Gasteiger charge is 2.38. The van der Waals surface area contributed by atoms with Crippen molar-refractivity contribution in [1.29, 1.82) is 0 Å². The van der Waals surface area contributed by atoms with Crippen LogP contribution in [0.1, 0.15) is 17.2 Å². The number of benzene rings is 1. The maximum Gasteiger partial charge on any atom is 0.162 e. The summed E-state index contributed by atoms with van der Waals surface area (Å²) in [7, 11) is 4.20. The lowest BCUT2D eigenvalue weighted by atomic mass is 9.87. The van der Waals surface area contributed by atoms with Crippen LogP contribution in [0, 0.1) is 5.92 Å². The first kappa shape index (κ1) is 13.8. The van der Waals surface area contributed by atoms with Crippen LogP contribution in [0.5, 0.6) is 0 Å². The highest BCUT2D eigenvalue weighted by molar-refractivity contribution is 5.85. The molecule has 0 radical (unpaired) electrons. The lowest BCUT2D eigenvalue weighted by Gasteiger charge is -2.42. The number of hydrogen-bond acceptors (Lipinski definition) is 3. The van der Waals surface area contributed by atoms with Crippen molar-refractivity contribution in [1.82, 2.24) is 4.90 Å². The predicted octanol–water partition coefficient (Wildman–Crippen LogP) is 2.26. The fourth-order valence-electron chi connectivity index (χ4n) is 2.86. The zero-order chi connectivity index (χ0) is 11.8. The molecular weight excluding hydrogens is 250 g/mol. The number of halogens is 1. The van der Waals surface area contributed by atoms with Crippen LogP contribution in [0.15, 0.2) is 24.3 Å². The third-order valence-corrected chi connectivity index (χ3v) is 3.57. The second-order valence-electron chi connectivity index (χ2n) is 5.24. The molecular formula is C14H20ClNO2. The van der Waals surface area contributed by atoms with Gasteiger partial charge in [0.1, 0.15) is 0 Å². The van der Waals surface area contributed by atoms with E-state index in [0.29, 0.717) is 5.92 Å². The molecule has 2 bridgehead atoms. The van der Waals surface area contributed by atoms with Gasteiger partial charge in [0, 0.05) is 18.9 Å². The molecule has 1 aromatic carbocycles. The summed E-state index contributed by atoms with van der Waals surface area (Å²) in [6.45, 7) is 1.81. The van der Waals surface area contributed by atoms with E-state index in [4.69, 9.17) is 9.47 Å². The van der Waals surface area contributed by atoms with Gasteiger partial charge >= 0.3 is 0 Å². The highest BCUT2D eigenvalue weighted by Crippen LogP contribution is 2.39. The van der Waals surface area contributed by atoms with Gasteiger partial charge in [0.15, 0.2) is 6.29 Å². The van der Waals surface area contributed by atoms with Crippen LogP contribution in [0.4, 0.5) is 0 Å². The maximum absolute atomic E-state index is 6.01. The van der Waals surface area contributed by atoms with Gasteiger partial charge in [0.05, 0.1) is 12.7 Å². The molecule has 0 amide bonds. The quantitative estimate of drug-likeness (QED) is 0.822. The van der Waals surface area contributed by atoms with E-state index < -0.39 is 0 Å². The van der Waals surface area contributed by atoms with Gasteiger partial charge in [0.2, 0.25) is 0 Å². The molecule has 0 aromatic heterocycles. The lowest BCUT2D eigenvalue weighted by Crippen LogP contribution is -2.43. The van der Waals surface area contributed by atoms with E-state index in [2.05, 4.69) is 43.3 Å². The minimum Gasteiger partial charge on any atom is -0.352 e. The van der Waals surface area contributed by atoms with Crippen LogP contribution in [0.3, 0.4) is 0 Å². The smallest absolute Gasteiger partial charge is 0.162 e. The van der Waals surface area contributed by atoms with Crippen molar-refractivity contribution in [3.8, 4) is 0 Å². The first-order valence-electron chi connectivity index (χ1n) is 6.23. The van der Waals surface area contributed by atoms with E-state index in [1.807, 2.05) is 0 Å². The van der Waals surface area contributed by atoms with Crippen LogP contribution in [-0.2, 0) is 15.9 Å². The summed E-state index contributed by atoms with van der Waals surface area (Å²) in [5, 5.41) is 0. The van der Waals surface area contributed by atoms with Gasteiger partial charge in [-0.15, -0.1) is 12.4 Å². The summed E-state index contributed by atoms with van der Waals surface area (Å²) < 4.78 is 11.8. The summed E-state index contributed by atoms with van der Waals surface area (Å²) in [6, 6.07) is 8.59. The van der Waals surface area contributed by atoms with Gasteiger partial charge in [-0.3, -0.25) is 0 Å². The van der Waals surface area contributed by atoms with E-state index in [1.54, 1.807) is 0 Å². The normalized spacial score (nSPS) is 29.6. The molecule has 3 nitrogen and oxygen atoms in total. The molecule has 100 valence electrons. The van der Waals surface area contributed by atoms with Gasteiger partial charge in [-0.1, -0.05) is 24.3 Å². The standard InChI is InChI=1S/C14H19NO2.ClH/c1-15(2)8-11-9-16-13-7-10-5-3-4-6-12(10)14(11)17-13;/h3-6,11,13-14H,7-9H2,1-2H3;1H. The monoisotopic (exact) mass is 269 g/mol. The zero-order valence-corrected chi connectivity index (χ0v) is 11.7. The molecule has 0 spiro atoms. The number of fused-ring (bicyclic) bond motifs is 4. The number of nitrogens with zero attached hydrogens (tertiary/aromatic N) is 1. The Labute approximate surface area is 114 Å². The van der Waals surface area contributed by atoms with Crippen LogP contribution < -0.4 is 0 Å². The van der Waals surface area contributed by atoms with E-state index in [-0.39, 0.29) is 24.8 Å². The Morgan fingerprint density at radius 1 is 1.28 bits per heavy atom. The van der Waals surface area contributed by atoms with Gasteiger partial charge < -0.3 is 14.4 Å². The molecule has 3 unspecified atom stereocenters. The molecule has 1 fully saturated rings. The summed E-state index contributed by atoms with van der Waals surface area (Å²) >= 11 is 0. The minimum absolute atomic E-state index is 0. The van der Waals surface area contributed by atoms with E-state index in [0.717, 1.165) is 19.6 Å². The Hall–Kier alpha value is -0.610. The van der Waals surface area contributed by atoms with E-state index in [9.17, 15) is 0 Å². The molecule has 1 aromatic rings. The molecule has 3 atom stereocenters. The molecule has 0 aliphatic carbocycles. The average Bonchev–Trinajstić information content (AvgIpc) is 2.32. The van der Waals surface area contributed by atoms with Crippen molar-refractivity contribution in [2.75, 3.05) is 27.2 Å². The third-order valence-electron chi connectivity index (χ3n) is 3.57. The summed E-state index contributed by atoms with van der Waals surface area (Å²) in [5.74, 6) is 0.433. The van der Waals surface area contributed by atoms with Crippen molar-refractivity contribution in [3.63, 3.8) is 0 Å². The van der Waals surface area contributed by atoms with Crippen molar-refractivity contribution in [3.05, 3.63) is 35.4 Å². The topological polar surface area (TPSA) is 21.7 Å². The van der Waals surface area contributed by atoms with Gasteiger partial charge in [-0.25, -0.2) is 0 Å². The largest absolute Gasteiger partial charge is 0.352 e. The SMILES string of the molecule is CN(C)CC1COC2Cc3ccccc3C1O2.Cl. The average molecular weight is 270 g/mol. The van der Waals surface area contributed by atoms with Crippen molar-refractivity contribution in [2.24, 2.45) is 5.92 Å². The number of hydrogen-bond donors (Lipinski definition) is 0. The van der Waals surface area contributed by atoms with Crippen LogP contribution in [0.2, 0.25) is 0 Å². The first-order valence-corrected chi connectivity index (χ1v) is 6.23. The molecule has 18 heavy (non-hydrogen) atoms. The lowest BCUT2D eigenvalue weighted by molar-refractivity contribution is -0.247. The maximum atomic E-state index is 6.01. The first-order chi connectivity index (χ1) is 8.24. The van der Waals surface area contributed by atoms with E-state index >= 15 is 0 Å². The second-order valence-corrected chi connectivity index (χ2v) is 5.24. The Bertz CT molecular complexity index is 411. The van der Waals surface area contributed by atoms with E-state index in [1.165, 1.54) is 11.1 Å². The zero-order valence-electron chi connectivity index (χ0n) is 10.8. The fraction of sp³-hybridized carbons (Fsp3) is 0.571. The van der Waals surface area contributed by atoms with Crippen molar-refractivity contribution in [2.45, 2.75) is 18.8 Å². The Morgan fingerprint density at radius 3 is 2.83 bits per heavy atom. The molecule has 0 N–H and O–H groups in total.